The van der Waals surface area contributed by atoms with Crippen LogP contribution in [0.25, 0.3) is 0 Å². The summed E-state index contributed by atoms with van der Waals surface area (Å²) >= 11 is 0. The van der Waals surface area contributed by atoms with Crippen LogP contribution in [0.3, 0.4) is 0 Å². The van der Waals surface area contributed by atoms with Crippen LogP contribution in [0.4, 0.5) is 0 Å². The minimum absolute atomic E-state index is 0.837. The number of hydrogen-bond acceptors (Lipinski definition) is 0. The Hall–Kier alpha value is -0.720. The number of fused-ring (bicyclic) bond motifs is 1. The van der Waals surface area contributed by atoms with Crippen LogP contribution in [0.5, 0.6) is 0 Å². The second-order valence-corrected chi connectivity index (χ2v) is 5.14. The summed E-state index contributed by atoms with van der Waals surface area (Å²) in [5, 5.41) is 0. The molecule has 1 aromatic heterocycles. The van der Waals surface area contributed by atoms with Crippen LogP contribution in [0, 0.1) is 25.7 Å². The normalized spacial score (nSPS) is 35.4. The van der Waals surface area contributed by atoms with E-state index in [4.69, 9.17) is 0 Å². The van der Waals surface area contributed by atoms with Gasteiger partial charge in [0.2, 0.25) is 0 Å². The standard InChI is InChI=1S/C13H19N/c1-9-6-7-10(2)14(9)13-5-3-4-11-8-12(11)13/h6-7,11-13H,3-5,8H2,1-2H3. The lowest BCUT2D eigenvalue weighted by molar-refractivity contribution is 0.325. The molecule has 0 bridgehead atoms. The molecule has 1 heteroatoms. The lowest BCUT2D eigenvalue weighted by atomic mass is 9.95. The molecule has 76 valence electrons. The largest absolute Gasteiger partial charge is 0.346 e. The first-order valence-electron chi connectivity index (χ1n) is 5.92. The fourth-order valence-electron chi connectivity index (χ4n) is 3.40. The fraction of sp³-hybridized carbons (Fsp3) is 0.692. The smallest absolute Gasteiger partial charge is 0.0366 e. The van der Waals surface area contributed by atoms with Crippen molar-refractivity contribution >= 4 is 0 Å². The molecule has 0 amide bonds. The van der Waals surface area contributed by atoms with Crippen LogP contribution < -0.4 is 0 Å². The summed E-state index contributed by atoms with van der Waals surface area (Å²) in [5.74, 6) is 2.10. The average molecular weight is 189 g/mol. The summed E-state index contributed by atoms with van der Waals surface area (Å²) in [5.41, 5.74) is 2.92. The molecule has 0 aromatic carbocycles. The van der Waals surface area contributed by atoms with Gasteiger partial charge in [0.25, 0.3) is 0 Å². The molecule has 0 spiro atoms. The first-order chi connectivity index (χ1) is 6.77. The molecule has 0 radical (unpaired) electrons. The van der Waals surface area contributed by atoms with Gasteiger partial charge in [-0.3, -0.25) is 0 Å². The summed E-state index contributed by atoms with van der Waals surface area (Å²) in [4.78, 5) is 0. The molecule has 0 N–H and O–H groups in total. The van der Waals surface area contributed by atoms with Gasteiger partial charge in [0.1, 0.15) is 0 Å². The summed E-state index contributed by atoms with van der Waals surface area (Å²) in [6.45, 7) is 4.50. The zero-order valence-electron chi connectivity index (χ0n) is 9.16. The zero-order valence-corrected chi connectivity index (χ0v) is 9.16. The highest BCUT2D eigenvalue weighted by atomic mass is 15.0. The third-order valence-electron chi connectivity index (χ3n) is 4.20. The number of nitrogens with zero attached hydrogens (tertiary/aromatic N) is 1. The van der Waals surface area contributed by atoms with E-state index in [1.807, 2.05) is 0 Å². The van der Waals surface area contributed by atoms with Gasteiger partial charge in [0.15, 0.2) is 0 Å². The van der Waals surface area contributed by atoms with E-state index in [1.54, 1.807) is 0 Å². The Bertz CT molecular complexity index is 331. The van der Waals surface area contributed by atoms with Crippen molar-refractivity contribution in [1.82, 2.24) is 4.57 Å². The van der Waals surface area contributed by atoms with Crippen molar-refractivity contribution in [2.75, 3.05) is 0 Å². The molecule has 3 atom stereocenters. The maximum atomic E-state index is 2.59. The molecule has 2 saturated carbocycles. The monoisotopic (exact) mass is 189 g/mol. The predicted molar refractivity (Wildman–Crippen MR) is 58.4 cm³/mol. The second kappa shape index (κ2) is 2.88. The molecule has 1 aromatic rings. The minimum atomic E-state index is 0.837. The van der Waals surface area contributed by atoms with E-state index in [2.05, 4.69) is 30.5 Å². The van der Waals surface area contributed by atoms with Gasteiger partial charge in [-0.15, -0.1) is 0 Å². The third-order valence-corrected chi connectivity index (χ3v) is 4.20. The van der Waals surface area contributed by atoms with Gasteiger partial charge in [-0.25, -0.2) is 0 Å². The molecule has 3 unspecified atom stereocenters. The first kappa shape index (κ1) is 8.58. The minimum Gasteiger partial charge on any atom is -0.346 e. The lowest BCUT2D eigenvalue weighted by Crippen LogP contribution is -2.17. The van der Waals surface area contributed by atoms with E-state index in [0.29, 0.717) is 0 Å². The van der Waals surface area contributed by atoms with Gasteiger partial charge in [-0.2, -0.15) is 0 Å². The van der Waals surface area contributed by atoms with Gasteiger partial charge in [-0.1, -0.05) is 12.8 Å². The van der Waals surface area contributed by atoms with Gasteiger partial charge < -0.3 is 4.57 Å². The molecule has 1 heterocycles. The molecule has 14 heavy (non-hydrogen) atoms. The lowest BCUT2D eigenvalue weighted by Gasteiger charge is -2.26. The number of aryl methyl sites for hydroxylation is 2. The number of rotatable bonds is 1. The molecule has 2 aliphatic rings. The second-order valence-electron chi connectivity index (χ2n) is 5.14. The van der Waals surface area contributed by atoms with E-state index in [0.717, 1.165) is 17.9 Å². The predicted octanol–water partition coefficient (Wildman–Crippen LogP) is 3.47. The molecule has 3 rings (SSSR count). The highest BCUT2D eigenvalue weighted by molar-refractivity contribution is 5.17. The first-order valence-corrected chi connectivity index (χ1v) is 5.92. The Balaban J connectivity index is 1.94. The Morgan fingerprint density at radius 2 is 1.86 bits per heavy atom. The van der Waals surface area contributed by atoms with Crippen molar-refractivity contribution < 1.29 is 0 Å². The van der Waals surface area contributed by atoms with Crippen molar-refractivity contribution in [3.8, 4) is 0 Å². The van der Waals surface area contributed by atoms with Crippen molar-refractivity contribution in [1.29, 1.82) is 0 Å². The van der Waals surface area contributed by atoms with E-state index < -0.39 is 0 Å². The van der Waals surface area contributed by atoms with Crippen LogP contribution in [-0.4, -0.2) is 4.57 Å². The molecule has 0 aliphatic heterocycles. The Kier molecular flexibility index (Phi) is 1.77. The SMILES string of the molecule is Cc1ccc(C)n1C1CCCC2CC21. The molecular formula is C13H19N. The molecule has 2 fully saturated rings. The van der Waals surface area contributed by atoms with E-state index in [-0.39, 0.29) is 0 Å². The van der Waals surface area contributed by atoms with Crippen molar-refractivity contribution in [2.24, 2.45) is 11.8 Å². The summed E-state index contributed by atoms with van der Waals surface area (Å²) < 4.78 is 2.59. The van der Waals surface area contributed by atoms with Crippen molar-refractivity contribution in [3.05, 3.63) is 23.5 Å². The summed E-state index contributed by atoms with van der Waals surface area (Å²) in [7, 11) is 0. The highest BCUT2D eigenvalue weighted by Crippen LogP contribution is 2.55. The highest BCUT2D eigenvalue weighted by Gasteiger charge is 2.46. The topological polar surface area (TPSA) is 4.93 Å². The van der Waals surface area contributed by atoms with E-state index in [9.17, 15) is 0 Å². The third kappa shape index (κ3) is 1.14. The maximum Gasteiger partial charge on any atom is 0.0366 e. The molecule has 2 aliphatic carbocycles. The molecular weight excluding hydrogens is 170 g/mol. The van der Waals surface area contributed by atoms with Crippen molar-refractivity contribution in [3.63, 3.8) is 0 Å². The van der Waals surface area contributed by atoms with Crippen LogP contribution in [-0.2, 0) is 0 Å². The summed E-state index contributed by atoms with van der Waals surface area (Å²) in [6, 6.07) is 5.37. The maximum absolute atomic E-state index is 2.59. The fourth-order valence-corrected chi connectivity index (χ4v) is 3.40. The van der Waals surface area contributed by atoms with Crippen LogP contribution in [0.1, 0.15) is 43.1 Å². The average Bonchev–Trinajstić information content (AvgIpc) is 2.88. The van der Waals surface area contributed by atoms with E-state index in [1.165, 1.54) is 37.1 Å². The van der Waals surface area contributed by atoms with Gasteiger partial charge in [-0.05, 0) is 50.7 Å². The summed E-state index contributed by atoms with van der Waals surface area (Å²) in [6.07, 6.45) is 5.86. The van der Waals surface area contributed by atoms with Crippen LogP contribution in [0.2, 0.25) is 0 Å². The number of aromatic nitrogens is 1. The quantitative estimate of drug-likeness (QED) is 0.637. The van der Waals surface area contributed by atoms with Crippen LogP contribution in [0.15, 0.2) is 12.1 Å². The van der Waals surface area contributed by atoms with Gasteiger partial charge >= 0.3 is 0 Å². The Morgan fingerprint density at radius 1 is 1.14 bits per heavy atom. The van der Waals surface area contributed by atoms with Gasteiger partial charge in [0.05, 0.1) is 0 Å². The van der Waals surface area contributed by atoms with Crippen molar-refractivity contribution in [2.45, 2.75) is 45.6 Å². The van der Waals surface area contributed by atoms with E-state index >= 15 is 0 Å². The van der Waals surface area contributed by atoms with Crippen LogP contribution >= 0.6 is 0 Å². The number of hydrogen-bond donors (Lipinski definition) is 0. The molecule has 0 saturated heterocycles. The Morgan fingerprint density at radius 3 is 2.57 bits per heavy atom. The molecule has 1 nitrogen and oxygen atoms in total. The Labute approximate surface area is 86.1 Å². The zero-order chi connectivity index (χ0) is 9.71. The van der Waals surface area contributed by atoms with Gasteiger partial charge in [0, 0.05) is 17.4 Å².